The molecule has 6 heavy (non-hydrogen) atoms. The molecule has 0 saturated carbocycles. The summed E-state index contributed by atoms with van der Waals surface area (Å²) in [5, 5.41) is 8.13. The van der Waals surface area contributed by atoms with Gasteiger partial charge in [0.1, 0.15) is 0 Å². The number of halogens is 1. The van der Waals surface area contributed by atoms with Gasteiger partial charge in [0.25, 0.3) is 0 Å². The van der Waals surface area contributed by atoms with Gasteiger partial charge in [-0.2, -0.15) is 0 Å². The average molecular weight is 151 g/mol. The highest BCUT2D eigenvalue weighted by molar-refractivity contribution is 9.11. The summed E-state index contributed by atoms with van der Waals surface area (Å²) in [5.74, 6) is 0. The predicted octanol–water partition coefficient (Wildman–Crippen LogP) is 1.28. The first-order chi connectivity index (χ1) is 2.91. The van der Waals surface area contributed by atoms with Crippen molar-refractivity contribution < 1.29 is 5.11 Å². The lowest BCUT2D eigenvalue weighted by atomic mass is 10.5. The van der Waals surface area contributed by atoms with Gasteiger partial charge in [0, 0.05) is 6.61 Å². The standard InChI is InChI=1S/C4H7BrO/c5-3-1-2-4-6/h1,3,6H,2,4H2. The van der Waals surface area contributed by atoms with Crippen LogP contribution in [0.4, 0.5) is 0 Å². The van der Waals surface area contributed by atoms with Crippen molar-refractivity contribution in [2.24, 2.45) is 0 Å². The van der Waals surface area contributed by atoms with Crippen molar-refractivity contribution in [3.63, 3.8) is 0 Å². The fourth-order valence-electron chi connectivity index (χ4n) is 0.138. The molecule has 2 heteroatoms. The third-order valence-electron chi connectivity index (χ3n) is 0.385. The number of aliphatic hydroxyl groups is 1. The molecule has 0 aliphatic rings. The molecule has 0 heterocycles. The lowest BCUT2D eigenvalue weighted by Gasteiger charge is -1.75. The summed E-state index contributed by atoms with van der Waals surface area (Å²) >= 11 is 3.06. The molecule has 1 nitrogen and oxygen atoms in total. The summed E-state index contributed by atoms with van der Waals surface area (Å²) < 4.78 is 0. The van der Waals surface area contributed by atoms with Crippen molar-refractivity contribution in [2.75, 3.05) is 6.61 Å². The maximum absolute atomic E-state index is 8.13. The predicted molar refractivity (Wildman–Crippen MR) is 29.8 cm³/mol. The minimum absolute atomic E-state index is 0.238. The van der Waals surface area contributed by atoms with E-state index in [-0.39, 0.29) is 6.61 Å². The highest BCUT2D eigenvalue weighted by Gasteiger charge is 1.66. The maximum atomic E-state index is 8.13. The van der Waals surface area contributed by atoms with E-state index in [2.05, 4.69) is 15.9 Å². The van der Waals surface area contributed by atoms with Crippen LogP contribution in [0, 0.1) is 0 Å². The smallest absolute Gasteiger partial charge is 0.0465 e. The Labute approximate surface area is 45.8 Å². The molecule has 0 bridgehead atoms. The van der Waals surface area contributed by atoms with E-state index >= 15 is 0 Å². The first-order valence-corrected chi connectivity index (χ1v) is 2.69. The molecule has 0 aromatic carbocycles. The normalized spacial score (nSPS) is 10.3. The molecule has 0 spiro atoms. The van der Waals surface area contributed by atoms with Crippen LogP contribution in [-0.2, 0) is 0 Å². The number of rotatable bonds is 2. The Morgan fingerprint density at radius 2 is 2.33 bits per heavy atom. The van der Waals surface area contributed by atoms with E-state index in [1.54, 1.807) is 4.99 Å². The lowest BCUT2D eigenvalue weighted by Crippen LogP contribution is -1.72. The Morgan fingerprint density at radius 3 is 2.50 bits per heavy atom. The molecule has 0 unspecified atom stereocenters. The van der Waals surface area contributed by atoms with Gasteiger partial charge < -0.3 is 5.11 Å². The van der Waals surface area contributed by atoms with Gasteiger partial charge in [-0.25, -0.2) is 0 Å². The van der Waals surface area contributed by atoms with Gasteiger partial charge in [-0.1, -0.05) is 22.0 Å². The second-order valence-electron chi connectivity index (χ2n) is 0.874. The van der Waals surface area contributed by atoms with Gasteiger partial charge >= 0.3 is 0 Å². The molecular formula is C4H7BrO. The Bertz CT molecular complexity index is 42.8. The lowest BCUT2D eigenvalue weighted by molar-refractivity contribution is 0.303. The molecule has 0 fully saturated rings. The van der Waals surface area contributed by atoms with Gasteiger partial charge in [0.15, 0.2) is 0 Å². The molecule has 0 atom stereocenters. The van der Waals surface area contributed by atoms with Crippen LogP contribution < -0.4 is 0 Å². The number of hydrogen-bond acceptors (Lipinski definition) is 1. The van der Waals surface area contributed by atoms with Crippen LogP contribution in [0.25, 0.3) is 0 Å². The first-order valence-electron chi connectivity index (χ1n) is 1.78. The van der Waals surface area contributed by atoms with Crippen molar-refractivity contribution in [1.29, 1.82) is 0 Å². The molecule has 0 saturated heterocycles. The van der Waals surface area contributed by atoms with Gasteiger partial charge in [-0.3, -0.25) is 0 Å². The zero-order chi connectivity index (χ0) is 4.83. The van der Waals surface area contributed by atoms with Crippen LogP contribution in [0.3, 0.4) is 0 Å². The second-order valence-corrected chi connectivity index (χ2v) is 1.40. The summed E-state index contributed by atoms with van der Waals surface area (Å²) in [6, 6.07) is 0. The molecule has 1 N–H and O–H groups in total. The van der Waals surface area contributed by atoms with Crippen LogP contribution in [0.2, 0.25) is 0 Å². The summed E-state index contributed by atoms with van der Waals surface area (Å²) in [7, 11) is 0. The molecule has 36 valence electrons. The second kappa shape index (κ2) is 5.18. The Hall–Kier alpha value is 0.180. The summed E-state index contributed by atoms with van der Waals surface area (Å²) in [6.45, 7) is 0.238. The topological polar surface area (TPSA) is 20.2 Å². The zero-order valence-corrected chi connectivity index (χ0v) is 4.98. The van der Waals surface area contributed by atoms with Crippen molar-refractivity contribution in [3.8, 4) is 0 Å². The summed E-state index contributed by atoms with van der Waals surface area (Å²) in [5.41, 5.74) is 0. The molecule has 0 aliphatic carbocycles. The van der Waals surface area contributed by atoms with E-state index in [0.29, 0.717) is 0 Å². The molecule has 0 aliphatic heterocycles. The highest BCUT2D eigenvalue weighted by Crippen LogP contribution is 1.84. The first kappa shape index (κ1) is 6.18. The van der Waals surface area contributed by atoms with Gasteiger partial charge in [-0.05, 0) is 11.4 Å². The summed E-state index contributed by atoms with van der Waals surface area (Å²) in [6.07, 6.45) is 2.59. The molecule has 0 radical (unpaired) electrons. The van der Waals surface area contributed by atoms with Crippen LogP contribution in [-0.4, -0.2) is 11.7 Å². The van der Waals surface area contributed by atoms with Crippen molar-refractivity contribution in [2.45, 2.75) is 6.42 Å². The third-order valence-corrected chi connectivity index (χ3v) is 0.759. The number of aliphatic hydroxyl groups excluding tert-OH is 1. The van der Waals surface area contributed by atoms with E-state index in [1.165, 1.54) is 0 Å². The van der Waals surface area contributed by atoms with E-state index in [9.17, 15) is 0 Å². The molecular weight excluding hydrogens is 144 g/mol. The van der Waals surface area contributed by atoms with Crippen LogP contribution in [0.15, 0.2) is 11.1 Å². The molecule has 0 amide bonds. The molecule has 0 aromatic rings. The number of hydrogen-bond donors (Lipinski definition) is 1. The monoisotopic (exact) mass is 150 g/mol. The Balaban J connectivity index is 2.66. The van der Waals surface area contributed by atoms with E-state index < -0.39 is 0 Å². The largest absolute Gasteiger partial charge is 0.396 e. The zero-order valence-electron chi connectivity index (χ0n) is 3.39. The quantitative estimate of drug-likeness (QED) is 0.630. The third kappa shape index (κ3) is 4.18. The SMILES string of the molecule is OCCC=CBr. The van der Waals surface area contributed by atoms with E-state index in [1.807, 2.05) is 6.08 Å². The van der Waals surface area contributed by atoms with E-state index in [0.717, 1.165) is 6.42 Å². The van der Waals surface area contributed by atoms with Gasteiger partial charge in [0.05, 0.1) is 0 Å². The van der Waals surface area contributed by atoms with Crippen molar-refractivity contribution >= 4 is 15.9 Å². The van der Waals surface area contributed by atoms with Crippen LogP contribution in [0.1, 0.15) is 6.42 Å². The minimum Gasteiger partial charge on any atom is -0.396 e. The Kier molecular flexibility index (Phi) is 5.34. The highest BCUT2D eigenvalue weighted by atomic mass is 79.9. The minimum atomic E-state index is 0.238. The van der Waals surface area contributed by atoms with Crippen molar-refractivity contribution in [3.05, 3.63) is 11.1 Å². The fraction of sp³-hybridized carbons (Fsp3) is 0.500. The summed E-state index contributed by atoms with van der Waals surface area (Å²) in [4.78, 5) is 1.74. The average Bonchev–Trinajstić information content (AvgIpc) is 1.61. The maximum Gasteiger partial charge on any atom is 0.0465 e. The molecule has 0 aromatic heterocycles. The Morgan fingerprint density at radius 1 is 1.67 bits per heavy atom. The van der Waals surface area contributed by atoms with E-state index in [4.69, 9.17) is 5.11 Å². The fourth-order valence-corrected chi connectivity index (χ4v) is 0.402. The van der Waals surface area contributed by atoms with Crippen LogP contribution >= 0.6 is 15.9 Å². The van der Waals surface area contributed by atoms with Crippen LogP contribution in [0.5, 0.6) is 0 Å². The van der Waals surface area contributed by atoms with Gasteiger partial charge in [0.2, 0.25) is 0 Å². The van der Waals surface area contributed by atoms with Crippen molar-refractivity contribution in [1.82, 2.24) is 0 Å². The van der Waals surface area contributed by atoms with Gasteiger partial charge in [-0.15, -0.1) is 0 Å². The molecule has 0 rings (SSSR count).